The average Bonchev–Trinajstić information content (AvgIpc) is 2.16. The van der Waals surface area contributed by atoms with Crippen molar-refractivity contribution in [1.82, 2.24) is 4.90 Å². The molecule has 0 saturated heterocycles. The van der Waals surface area contributed by atoms with E-state index in [0.717, 1.165) is 31.6 Å². The van der Waals surface area contributed by atoms with E-state index in [4.69, 9.17) is 4.84 Å². The number of hydrogen-bond donors (Lipinski definition) is 0. The van der Waals surface area contributed by atoms with E-state index < -0.39 is 0 Å². The van der Waals surface area contributed by atoms with Gasteiger partial charge in [-0.3, -0.25) is 0 Å². The van der Waals surface area contributed by atoms with Crippen molar-refractivity contribution in [2.45, 2.75) is 19.8 Å². The third-order valence-corrected chi connectivity index (χ3v) is 2.32. The average molecular weight is 182 g/mol. The van der Waals surface area contributed by atoms with E-state index in [0.29, 0.717) is 0 Å². The lowest BCUT2D eigenvalue weighted by Crippen LogP contribution is -2.26. The fourth-order valence-electron chi connectivity index (χ4n) is 1.49. The number of nitrogens with zero attached hydrogens (tertiary/aromatic N) is 2. The quantitative estimate of drug-likeness (QED) is 0.490. The smallest absolute Gasteiger partial charge is 0.106 e. The largest absolute Gasteiger partial charge is 0.399 e. The summed E-state index contributed by atoms with van der Waals surface area (Å²) in [5.74, 6) is 0. The maximum absolute atomic E-state index is 4.81. The Morgan fingerprint density at radius 1 is 1.69 bits per heavy atom. The van der Waals surface area contributed by atoms with E-state index in [-0.39, 0.29) is 0 Å². The van der Waals surface area contributed by atoms with Crippen LogP contribution in [0.25, 0.3) is 0 Å². The molecule has 3 nitrogen and oxygen atoms in total. The summed E-state index contributed by atoms with van der Waals surface area (Å²) in [7, 11) is 3.73. The zero-order valence-corrected chi connectivity index (χ0v) is 8.71. The van der Waals surface area contributed by atoms with Gasteiger partial charge in [-0.1, -0.05) is 18.2 Å². The summed E-state index contributed by atoms with van der Waals surface area (Å²) in [6, 6.07) is 0. The molecule has 0 unspecified atom stereocenters. The molecule has 0 N–H and O–H groups in total. The van der Waals surface area contributed by atoms with Gasteiger partial charge in [-0.2, -0.15) is 0 Å². The van der Waals surface area contributed by atoms with Crippen molar-refractivity contribution in [3.63, 3.8) is 0 Å². The van der Waals surface area contributed by atoms with E-state index in [1.165, 1.54) is 5.57 Å². The summed E-state index contributed by atoms with van der Waals surface area (Å²) in [5, 5.41) is 4.02. The molecule has 0 aromatic rings. The van der Waals surface area contributed by atoms with Crippen molar-refractivity contribution in [3.05, 3.63) is 11.6 Å². The van der Waals surface area contributed by atoms with Crippen LogP contribution in [-0.4, -0.2) is 37.9 Å². The molecule has 0 atom stereocenters. The molecule has 1 aliphatic heterocycles. The predicted molar refractivity (Wildman–Crippen MR) is 54.9 cm³/mol. The van der Waals surface area contributed by atoms with Gasteiger partial charge in [0.25, 0.3) is 0 Å². The van der Waals surface area contributed by atoms with E-state index in [1.54, 1.807) is 7.11 Å². The fraction of sp³-hybridized carbons (Fsp3) is 0.700. The van der Waals surface area contributed by atoms with Crippen molar-refractivity contribution in [2.24, 2.45) is 5.16 Å². The van der Waals surface area contributed by atoms with Crippen molar-refractivity contribution >= 4 is 5.71 Å². The minimum Gasteiger partial charge on any atom is -0.399 e. The molecular weight excluding hydrogens is 164 g/mol. The van der Waals surface area contributed by atoms with Crippen LogP contribution in [0.3, 0.4) is 0 Å². The molecule has 0 saturated carbocycles. The molecule has 0 fully saturated rings. The second-order valence-electron chi connectivity index (χ2n) is 3.32. The molecule has 0 radical (unpaired) electrons. The van der Waals surface area contributed by atoms with Gasteiger partial charge >= 0.3 is 0 Å². The zero-order valence-electron chi connectivity index (χ0n) is 8.71. The zero-order chi connectivity index (χ0) is 9.68. The van der Waals surface area contributed by atoms with E-state index in [9.17, 15) is 0 Å². The molecule has 1 heterocycles. The van der Waals surface area contributed by atoms with Gasteiger partial charge in [0.05, 0.1) is 5.71 Å². The summed E-state index contributed by atoms with van der Waals surface area (Å²) in [6.07, 6.45) is 4.28. The SMILES string of the molecule is CCC(=NOC)C1=CCN(C)CC1. The standard InChI is InChI=1S/C10H18N2O/c1-4-10(11-13-3)9-5-7-12(2)8-6-9/h5H,4,6-8H2,1-3H3. The molecule has 1 rings (SSSR count). The Labute approximate surface area is 80.1 Å². The summed E-state index contributed by atoms with van der Waals surface area (Å²) in [5.41, 5.74) is 2.44. The van der Waals surface area contributed by atoms with Crippen LogP contribution in [-0.2, 0) is 4.84 Å². The fourth-order valence-corrected chi connectivity index (χ4v) is 1.49. The van der Waals surface area contributed by atoms with Crippen LogP contribution in [0.4, 0.5) is 0 Å². The lowest BCUT2D eigenvalue weighted by Gasteiger charge is -2.22. The summed E-state index contributed by atoms with van der Waals surface area (Å²) >= 11 is 0. The topological polar surface area (TPSA) is 24.8 Å². The first-order valence-electron chi connectivity index (χ1n) is 4.76. The maximum Gasteiger partial charge on any atom is 0.106 e. The van der Waals surface area contributed by atoms with Gasteiger partial charge in [0.2, 0.25) is 0 Å². The molecule has 3 heteroatoms. The van der Waals surface area contributed by atoms with Crippen LogP contribution in [0, 0.1) is 0 Å². The van der Waals surface area contributed by atoms with Gasteiger partial charge in [0.1, 0.15) is 7.11 Å². The van der Waals surface area contributed by atoms with E-state index in [1.807, 2.05) is 0 Å². The first-order chi connectivity index (χ1) is 6.27. The Hall–Kier alpha value is -0.830. The highest BCUT2D eigenvalue weighted by atomic mass is 16.6. The Bertz CT molecular complexity index is 221. The molecular formula is C10H18N2O. The monoisotopic (exact) mass is 182 g/mol. The van der Waals surface area contributed by atoms with Crippen molar-refractivity contribution < 1.29 is 4.84 Å². The first kappa shape index (κ1) is 10.3. The van der Waals surface area contributed by atoms with Crippen LogP contribution < -0.4 is 0 Å². The molecule has 0 spiro atoms. The number of oxime groups is 1. The van der Waals surface area contributed by atoms with Crippen LogP contribution in [0.2, 0.25) is 0 Å². The summed E-state index contributed by atoms with van der Waals surface area (Å²) in [4.78, 5) is 7.10. The van der Waals surface area contributed by atoms with Gasteiger partial charge in [-0.25, -0.2) is 0 Å². The normalized spacial score (nSPS) is 19.9. The summed E-state index contributed by atoms with van der Waals surface area (Å²) < 4.78 is 0. The van der Waals surface area contributed by atoms with E-state index in [2.05, 4.69) is 30.1 Å². The van der Waals surface area contributed by atoms with Gasteiger partial charge in [-0.05, 0) is 25.5 Å². The van der Waals surface area contributed by atoms with Crippen LogP contribution in [0.5, 0.6) is 0 Å². The minimum absolute atomic E-state index is 0.948. The van der Waals surface area contributed by atoms with Crippen LogP contribution >= 0.6 is 0 Å². The van der Waals surface area contributed by atoms with Crippen molar-refractivity contribution in [2.75, 3.05) is 27.2 Å². The van der Waals surface area contributed by atoms with Crippen molar-refractivity contribution in [1.29, 1.82) is 0 Å². The van der Waals surface area contributed by atoms with Gasteiger partial charge in [0, 0.05) is 13.1 Å². The second-order valence-corrected chi connectivity index (χ2v) is 3.32. The first-order valence-corrected chi connectivity index (χ1v) is 4.76. The minimum atomic E-state index is 0.948. The highest BCUT2D eigenvalue weighted by Gasteiger charge is 2.11. The van der Waals surface area contributed by atoms with Gasteiger partial charge in [0.15, 0.2) is 0 Å². The molecule has 74 valence electrons. The molecule has 0 aliphatic carbocycles. The lowest BCUT2D eigenvalue weighted by atomic mass is 10.0. The molecule has 0 bridgehead atoms. The number of likely N-dealkylation sites (N-methyl/N-ethyl adjacent to an activating group) is 1. The van der Waals surface area contributed by atoms with Crippen molar-refractivity contribution in [3.8, 4) is 0 Å². The maximum atomic E-state index is 4.81. The van der Waals surface area contributed by atoms with Gasteiger partial charge in [-0.15, -0.1) is 0 Å². The Balaban J connectivity index is 2.65. The molecule has 1 aliphatic rings. The third kappa shape index (κ3) is 2.84. The van der Waals surface area contributed by atoms with Crippen LogP contribution in [0.15, 0.2) is 16.8 Å². The Morgan fingerprint density at radius 2 is 2.46 bits per heavy atom. The second kappa shape index (κ2) is 5.02. The summed E-state index contributed by atoms with van der Waals surface area (Å²) in [6.45, 7) is 4.25. The Morgan fingerprint density at radius 3 is 2.92 bits per heavy atom. The third-order valence-electron chi connectivity index (χ3n) is 2.32. The number of rotatable bonds is 3. The van der Waals surface area contributed by atoms with Crippen LogP contribution in [0.1, 0.15) is 19.8 Å². The number of hydrogen-bond acceptors (Lipinski definition) is 3. The highest BCUT2D eigenvalue weighted by molar-refractivity contribution is 5.99. The molecule has 0 aromatic heterocycles. The lowest BCUT2D eigenvalue weighted by molar-refractivity contribution is 0.212. The predicted octanol–water partition coefficient (Wildman–Crippen LogP) is 1.66. The van der Waals surface area contributed by atoms with E-state index >= 15 is 0 Å². The molecule has 0 amide bonds. The Kier molecular flexibility index (Phi) is 3.96. The molecule has 0 aromatic carbocycles. The van der Waals surface area contributed by atoms with Gasteiger partial charge < -0.3 is 9.74 Å². The highest BCUT2D eigenvalue weighted by Crippen LogP contribution is 2.13. The molecule has 13 heavy (non-hydrogen) atoms.